The topological polar surface area (TPSA) is 73.8 Å². The van der Waals surface area contributed by atoms with E-state index in [-0.39, 0.29) is 35.8 Å². The molecule has 1 aliphatic rings. The van der Waals surface area contributed by atoms with E-state index in [2.05, 4.69) is 29.5 Å². The van der Waals surface area contributed by atoms with Crippen LogP contribution in [0.1, 0.15) is 60.7 Å². The third kappa shape index (κ3) is 5.69. The molecule has 144 valence electrons. The number of amides is 2. The summed E-state index contributed by atoms with van der Waals surface area (Å²) in [7, 11) is 0. The Bertz CT molecular complexity index is 613. The van der Waals surface area contributed by atoms with Gasteiger partial charge in [0, 0.05) is 25.7 Å². The minimum atomic E-state index is -0.184. The lowest BCUT2D eigenvalue weighted by Gasteiger charge is -2.16. The summed E-state index contributed by atoms with van der Waals surface area (Å²) >= 11 is 0. The van der Waals surface area contributed by atoms with Gasteiger partial charge in [-0.3, -0.25) is 19.5 Å². The molecule has 0 spiro atoms. The van der Waals surface area contributed by atoms with Crippen LogP contribution < -0.4 is 10.6 Å². The second-order valence-electron chi connectivity index (χ2n) is 6.23. The summed E-state index contributed by atoms with van der Waals surface area (Å²) in [5.74, 6) is 0.448. The molecule has 0 bridgehead atoms. The number of hydrogen-bond donors (Lipinski definition) is 2. The van der Waals surface area contributed by atoms with E-state index in [4.69, 9.17) is 0 Å². The molecule has 1 heterocycles. The lowest BCUT2D eigenvalue weighted by atomic mass is 10.1. The van der Waals surface area contributed by atoms with E-state index in [0.717, 1.165) is 31.8 Å². The van der Waals surface area contributed by atoms with Gasteiger partial charge in [-0.2, -0.15) is 0 Å². The van der Waals surface area contributed by atoms with Gasteiger partial charge in [0.1, 0.15) is 0 Å². The molecule has 1 atom stereocenters. The number of benzene rings is 1. The molecule has 0 saturated carbocycles. The van der Waals surface area contributed by atoms with Gasteiger partial charge in [-0.1, -0.05) is 19.1 Å². The van der Waals surface area contributed by atoms with Gasteiger partial charge < -0.3 is 10.6 Å². The predicted octanol–water partition coefficient (Wildman–Crippen LogP) is 3.03. The lowest BCUT2D eigenvalue weighted by Crippen LogP contribution is -2.42. The molecule has 1 unspecified atom stereocenters. The second kappa shape index (κ2) is 11.2. The van der Waals surface area contributed by atoms with Gasteiger partial charge in [0.05, 0.1) is 11.1 Å². The highest BCUT2D eigenvalue weighted by molar-refractivity contribution is 14.0. The fourth-order valence-corrected chi connectivity index (χ4v) is 2.67. The molecule has 0 aromatic heterocycles. The molecule has 0 radical (unpaired) electrons. The van der Waals surface area contributed by atoms with E-state index < -0.39 is 0 Å². The van der Waals surface area contributed by atoms with Gasteiger partial charge in [0.15, 0.2) is 5.96 Å². The number of carbonyl (C=O) groups is 2. The van der Waals surface area contributed by atoms with Crippen LogP contribution in [0.25, 0.3) is 0 Å². The SMILES string of the molecule is CCNC(=NCCCCN1C(=O)c2ccccc2C1=O)NC(C)CC.I. The first-order valence-corrected chi connectivity index (χ1v) is 9.08. The first kappa shape index (κ1) is 22.4. The molecule has 1 aromatic rings. The van der Waals surface area contributed by atoms with E-state index in [1.165, 1.54) is 4.90 Å². The molecule has 6 nitrogen and oxygen atoms in total. The summed E-state index contributed by atoms with van der Waals surface area (Å²) in [5, 5.41) is 6.57. The largest absolute Gasteiger partial charge is 0.357 e. The van der Waals surface area contributed by atoms with Gasteiger partial charge in [-0.15, -0.1) is 24.0 Å². The summed E-state index contributed by atoms with van der Waals surface area (Å²) in [5.41, 5.74) is 1.02. The number of unbranched alkanes of at least 4 members (excludes halogenated alkanes) is 1. The van der Waals surface area contributed by atoms with Crippen molar-refractivity contribution in [2.75, 3.05) is 19.6 Å². The molecular weight excluding hydrogens is 443 g/mol. The van der Waals surface area contributed by atoms with E-state index in [1.54, 1.807) is 24.3 Å². The summed E-state index contributed by atoms with van der Waals surface area (Å²) in [6, 6.07) is 7.37. The van der Waals surface area contributed by atoms with Crippen molar-refractivity contribution in [2.24, 2.45) is 4.99 Å². The molecule has 2 N–H and O–H groups in total. The quantitative estimate of drug-likeness (QED) is 0.201. The smallest absolute Gasteiger partial charge is 0.261 e. The summed E-state index contributed by atoms with van der Waals surface area (Å²) in [6.07, 6.45) is 2.60. The molecule has 7 heteroatoms. The van der Waals surface area contributed by atoms with Crippen molar-refractivity contribution >= 4 is 41.8 Å². The van der Waals surface area contributed by atoms with Crippen LogP contribution in [0.4, 0.5) is 0 Å². The van der Waals surface area contributed by atoms with Crippen LogP contribution in [0.2, 0.25) is 0 Å². The van der Waals surface area contributed by atoms with Crippen LogP contribution in [0.15, 0.2) is 29.3 Å². The van der Waals surface area contributed by atoms with Crippen molar-refractivity contribution in [3.8, 4) is 0 Å². The van der Waals surface area contributed by atoms with Crippen LogP contribution in [-0.2, 0) is 0 Å². The maximum Gasteiger partial charge on any atom is 0.261 e. The van der Waals surface area contributed by atoms with Gasteiger partial charge in [0.2, 0.25) is 0 Å². The van der Waals surface area contributed by atoms with E-state index in [9.17, 15) is 9.59 Å². The molecule has 0 saturated heterocycles. The molecule has 2 amide bonds. The summed E-state index contributed by atoms with van der Waals surface area (Å²) in [6.45, 7) is 8.21. The van der Waals surface area contributed by atoms with E-state index in [0.29, 0.717) is 30.3 Å². The highest BCUT2D eigenvalue weighted by Crippen LogP contribution is 2.22. The van der Waals surface area contributed by atoms with Crippen LogP contribution in [0, 0.1) is 0 Å². The number of guanidine groups is 1. The summed E-state index contributed by atoms with van der Waals surface area (Å²) in [4.78, 5) is 30.4. The third-order valence-corrected chi connectivity index (χ3v) is 4.28. The van der Waals surface area contributed by atoms with Crippen LogP contribution in [-0.4, -0.2) is 48.3 Å². The number of aliphatic imine (C=N–C) groups is 1. The predicted molar refractivity (Wildman–Crippen MR) is 115 cm³/mol. The van der Waals surface area contributed by atoms with Crippen LogP contribution in [0.3, 0.4) is 0 Å². The van der Waals surface area contributed by atoms with Crippen molar-refractivity contribution < 1.29 is 9.59 Å². The van der Waals surface area contributed by atoms with E-state index >= 15 is 0 Å². The van der Waals surface area contributed by atoms with Gasteiger partial charge in [-0.05, 0) is 45.2 Å². The number of hydrogen-bond acceptors (Lipinski definition) is 3. The highest BCUT2D eigenvalue weighted by Gasteiger charge is 2.34. The Morgan fingerprint density at radius 2 is 1.73 bits per heavy atom. The number of nitrogens with one attached hydrogen (secondary N) is 2. The fourth-order valence-electron chi connectivity index (χ4n) is 2.67. The average molecular weight is 472 g/mol. The summed E-state index contributed by atoms with van der Waals surface area (Å²) < 4.78 is 0. The molecule has 0 fully saturated rings. The average Bonchev–Trinajstić information content (AvgIpc) is 2.86. The Morgan fingerprint density at radius 3 is 2.27 bits per heavy atom. The highest BCUT2D eigenvalue weighted by atomic mass is 127. The van der Waals surface area contributed by atoms with Crippen molar-refractivity contribution in [2.45, 2.75) is 46.1 Å². The number of nitrogens with zero attached hydrogens (tertiary/aromatic N) is 2. The van der Waals surface area contributed by atoms with Gasteiger partial charge in [-0.25, -0.2) is 0 Å². The first-order chi connectivity index (χ1) is 12.1. The monoisotopic (exact) mass is 472 g/mol. The Balaban J connectivity index is 0.00000338. The number of carbonyl (C=O) groups excluding carboxylic acids is 2. The minimum Gasteiger partial charge on any atom is -0.357 e. The number of imide groups is 1. The number of fused-ring (bicyclic) bond motifs is 1. The molecule has 2 rings (SSSR count). The van der Waals surface area contributed by atoms with Crippen molar-refractivity contribution in [3.05, 3.63) is 35.4 Å². The van der Waals surface area contributed by atoms with Crippen molar-refractivity contribution in [3.63, 3.8) is 0 Å². The second-order valence-corrected chi connectivity index (χ2v) is 6.23. The standard InChI is InChI=1S/C19H28N4O2.HI/c1-4-14(3)22-19(20-5-2)21-12-8-9-13-23-17(24)15-10-6-7-11-16(15)18(23)25;/h6-7,10-11,14H,4-5,8-9,12-13H2,1-3H3,(H2,20,21,22);1H. The zero-order chi connectivity index (χ0) is 18.2. The maximum atomic E-state index is 12.3. The number of halogens is 1. The number of rotatable bonds is 8. The van der Waals surface area contributed by atoms with Crippen molar-refractivity contribution in [1.82, 2.24) is 15.5 Å². The maximum absolute atomic E-state index is 12.3. The Hall–Kier alpha value is -1.64. The normalized spacial score (nSPS) is 14.7. The van der Waals surface area contributed by atoms with E-state index in [1.807, 2.05) is 6.92 Å². The lowest BCUT2D eigenvalue weighted by molar-refractivity contribution is 0.0652. The minimum absolute atomic E-state index is 0. The molecule has 1 aromatic carbocycles. The fraction of sp³-hybridized carbons (Fsp3) is 0.526. The van der Waals surface area contributed by atoms with Crippen LogP contribution >= 0.6 is 24.0 Å². The molecule has 0 aliphatic carbocycles. The first-order valence-electron chi connectivity index (χ1n) is 9.08. The van der Waals surface area contributed by atoms with Crippen LogP contribution in [0.5, 0.6) is 0 Å². The molecule has 26 heavy (non-hydrogen) atoms. The Labute approximate surface area is 172 Å². The zero-order valence-electron chi connectivity index (χ0n) is 15.7. The van der Waals surface area contributed by atoms with Gasteiger partial charge in [0.25, 0.3) is 11.8 Å². The van der Waals surface area contributed by atoms with Crippen molar-refractivity contribution in [1.29, 1.82) is 0 Å². The molecular formula is C19H29IN4O2. The molecule has 1 aliphatic heterocycles. The van der Waals surface area contributed by atoms with Gasteiger partial charge >= 0.3 is 0 Å². The third-order valence-electron chi connectivity index (χ3n) is 4.28. The Morgan fingerprint density at radius 1 is 1.12 bits per heavy atom. The zero-order valence-corrected chi connectivity index (χ0v) is 18.1. The Kier molecular flexibility index (Phi) is 9.61.